The lowest BCUT2D eigenvalue weighted by atomic mass is 10.0. The molecule has 0 saturated carbocycles. The third-order valence-electron chi connectivity index (χ3n) is 2.34. The monoisotopic (exact) mass is 266 g/mol. The van der Waals surface area contributed by atoms with Crippen LogP contribution in [0.1, 0.15) is 17.3 Å². The highest BCUT2D eigenvalue weighted by atomic mass is 79.9. The first-order valence-corrected chi connectivity index (χ1v) is 5.46. The second kappa shape index (κ2) is 3.79. The number of carbonyl (C=O) groups excluding carboxylic acids is 1. The summed E-state index contributed by atoms with van der Waals surface area (Å²) in [7, 11) is 0. The van der Waals surface area contributed by atoms with Gasteiger partial charge in [-0.25, -0.2) is 0 Å². The number of rotatable bonds is 2. The van der Waals surface area contributed by atoms with Gasteiger partial charge in [-0.05, 0) is 28.9 Å². The molecule has 1 heterocycles. The van der Waals surface area contributed by atoms with Gasteiger partial charge in [0.05, 0.1) is 11.6 Å². The number of carbonyl (C=O) groups is 1. The van der Waals surface area contributed by atoms with Gasteiger partial charge in [-0.2, -0.15) is 0 Å². The molecule has 0 aliphatic rings. The minimum atomic E-state index is -0.474. The van der Waals surface area contributed by atoms with Crippen LogP contribution >= 0.6 is 15.9 Å². The molecule has 3 nitrogen and oxygen atoms in total. The first-order chi connectivity index (χ1) is 7.11. The van der Waals surface area contributed by atoms with E-state index in [1.165, 1.54) is 0 Å². The van der Waals surface area contributed by atoms with Gasteiger partial charge in [0.2, 0.25) is 0 Å². The molecule has 2 aromatic rings. The number of aromatic nitrogens is 1. The fourth-order valence-electron chi connectivity index (χ4n) is 1.57. The maximum absolute atomic E-state index is 11.8. The Morgan fingerprint density at radius 3 is 2.93 bits per heavy atom. The van der Waals surface area contributed by atoms with Crippen molar-refractivity contribution < 1.29 is 4.79 Å². The smallest absolute Gasteiger partial charge is 0.181 e. The third kappa shape index (κ3) is 1.70. The minimum absolute atomic E-state index is 0.0463. The average molecular weight is 267 g/mol. The highest BCUT2D eigenvalue weighted by Gasteiger charge is 2.15. The summed E-state index contributed by atoms with van der Waals surface area (Å²) in [6.45, 7) is 1.69. The summed E-state index contributed by atoms with van der Waals surface area (Å²) < 4.78 is 0.955. The molecule has 0 bridgehead atoms. The number of fused-ring (bicyclic) bond motifs is 1. The topological polar surface area (TPSA) is 58.9 Å². The number of benzene rings is 1. The Kier molecular flexibility index (Phi) is 2.63. The predicted octanol–water partition coefficient (Wildman–Crippen LogP) is 2.46. The lowest BCUT2D eigenvalue weighted by Gasteiger charge is -2.05. The highest BCUT2D eigenvalue weighted by Crippen LogP contribution is 2.26. The number of nitrogens with two attached hydrogens (primary N) is 1. The molecule has 3 N–H and O–H groups in total. The van der Waals surface area contributed by atoms with E-state index in [2.05, 4.69) is 20.9 Å². The average Bonchev–Trinajstić information content (AvgIpc) is 2.59. The van der Waals surface area contributed by atoms with Gasteiger partial charge in [-0.1, -0.05) is 12.1 Å². The molecule has 1 unspecified atom stereocenters. The van der Waals surface area contributed by atoms with E-state index in [-0.39, 0.29) is 5.78 Å². The lowest BCUT2D eigenvalue weighted by Crippen LogP contribution is -2.26. The van der Waals surface area contributed by atoms with E-state index < -0.39 is 6.04 Å². The number of aromatic amines is 1. The molecule has 0 radical (unpaired) electrons. The Morgan fingerprint density at radius 2 is 2.27 bits per heavy atom. The van der Waals surface area contributed by atoms with Crippen molar-refractivity contribution in [1.29, 1.82) is 0 Å². The van der Waals surface area contributed by atoms with E-state index in [9.17, 15) is 4.79 Å². The summed E-state index contributed by atoms with van der Waals surface area (Å²) in [5.41, 5.74) is 7.08. The van der Waals surface area contributed by atoms with Crippen molar-refractivity contribution >= 4 is 32.6 Å². The molecule has 0 aliphatic heterocycles. The molecule has 1 aromatic carbocycles. The van der Waals surface area contributed by atoms with Crippen molar-refractivity contribution in [2.45, 2.75) is 13.0 Å². The van der Waals surface area contributed by atoms with Crippen LogP contribution in [0.25, 0.3) is 10.9 Å². The molecule has 0 amide bonds. The molecule has 2 rings (SSSR count). The number of nitrogens with one attached hydrogen (secondary N) is 1. The maximum Gasteiger partial charge on any atom is 0.181 e. The number of H-pyrrole nitrogens is 1. The van der Waals surface area contributed by atoms with Crippen LogP contribution in [0.5, 0.6) is 0 Å². The van der Waals surface area contributed by atoms with Crippen LogP contribution in [-0.4, -0.2) is 16.8 Å². The van der Waals surface area contributed by atoms with Gasteiger partial charge in [0.15, 0.2) is 5.78 Å². The molecular formula is C11H11BrN2O. The fourth-order valence-corrected chi connectivity index (χ4v) is 2.02. The summed E-state index contributed by atoms with van der Waals surface area (Å²) in [4.78, 5) is 14.9. The van der Waals surface area contributed by atoms with Gasteiger partial charge in [0.1, 0.15) is 0 Å². The predicted molar refractivity (Wildman–Crippen MR) is 64.0 cm³/mol. The Bertz CT molecular complexity index is 516. The molecular weight excluding hydrogens is 256 g/mol. The third-order valence-corrected chi connectivity index (χ3v) is 3.00. The van der Waals surface area contributed by atoms with E-state index in [4.69, 9.17) is 5.73 Å². The van der Waals surface area contributed by atoms with E-state index in [1.807, 2.05) is 18.3 Å². The number of para-hydroxylation sites is 1. The van der Waals surface area contributed by atoms with Gasteiger partial charge in [-0.15, -0.1) is 0 Å². The Balaban J connectivity index is 2.66. The molecule has 15 heavy (non-hydrogen) atoms. The normalized spacial score (nSPS) is 13.0. The van der Waals surface area contributed by atoms with Crippen LogP contribution in [-0.2, 0) is 0 Å². The zero-order valence-corrected chi connectivity index (χ0v) is 9.84. The van der Waals surface area contributed by atoms with Gasteiger partial charge in [-0.3, -0.25) is 4.79 Å². The Hall–Kier alpha value is -1.13. The quantitative estimate of drug-likeness (QED) is 0.821. The van der Waals surface area contributed by atoms with Crippen molar-refractivity contribution in [2.24, 2.45) is 5.73 Å². The van der Waals surface area contributed by atoms with Crippen molar-refractivity contribution in [1.82, 2.24) is 4.98 Å². The minimum Gasteiger partial charge on any atom is -0.359 e. The lowest BCUT2D eigenvalue weighted by molar-refractivity contribution is 0.0969. The SMILES string of the molecule is CC(N)C(=O)c1cccc2c(Br)c[nH]c12. The van der Waals surface area contributed by atoms with Crippen LogP contribution in [0.4, 0.5) is 0 Å². The van der Waals surface area contributed by atoms with Gasteiger partial charge in [0, 0.05) is 21.6 Å². The molecule has 4 heteroatoms. The Labute approximate surface area is 95.8 Å². The van der Waals surface area contributed by atoms with Crippen molar-refractivity contribution in [3.8, 4) is 0 Å². The largest absolute Gasteiger partial charge is 0.359 e. The van der Waals surface area contributed by atoms with Crippen LogP contribution in [0.3, 0.4) is 0 Å². The molecule has 78 valence electrons. The summed E-state index contributed by atoms with van der Waals surface area (Å²) >= 11 is 3.41. The van der Waals surface area contributed by atoms with E-state index >= 15 is 0 Å². The second-order valence-electron chi connectivity index (χ2n) is 3.52. The molecule has 0 spiro atoms. The molecule has 0 saturated heterocycles. The van der Waals surface area contributed by atoms with Gasteiger partial charge in [0.25, 0.3) is 0 Å². The number of hydrogen-bond acceptors (Lipinski definition) is 2. The number of hydrogen-bond donors (Lipinski definition) is 2. The summed E-state index contributed by atoms with van der Waals surface area (Å²) in [5.74, 6) is -0.0463. The molecule has 1 aromatic heterocycles. The van der Waals surface area contributed by atoms with Crippen molar-refractivity contribution in [3.63, 3.8) is 0 Å². The summed E-state index contributed by atoms with van der Waals surface area (Å²) in [6.07, 6.45) is 1.82. The standard InChI is InChI=1S/C11H11BrN2O/c1-6(13)11(15)8-4-2-3-7-9(12)5-14-10(7)8/h2-6,14H,13H2,1H3. The Morgan fingerprint density at radius 1 is 1.53 bits per heavy atom. The zero-order chi connectivity index (χ0) is 11.0. The molecule has 1 atom stereocenters. The summed E-state index contributed by atoms with van der Waals surface area (Å²) in [5, 5.41) is 1.00. The van der Waals surface area contributed by atoms with Crippen LogP contribution in [0.15, 0.2) is 28.9 Å². The van der Waals surface area contributed by atoms with E-state index in [0.29, 0.717) is 5.56 Å². The fraction of sp³-hybridized carbons (Fsp3) is 0.182. The van der Waals surface area contributed by atoms with Crippen LogP contribution in [0, 0.1) is 0 Å². The number of ketones is 1. The van der Waals surface area contributed by atoms with Gasteiger partial charge < -0.3 is 10.7 Å². The highest BCUT2D eigenvalue weighted by molar-refractivity contribution is 9.10. The van der Waals surface area contributed by atoms with Crippen molar-refractivity contribution in [2.75, 3.05) is 0 Å². The van der Waals surface area contributed by atoms with Crippen molar-refractivity contribution in [3.05, 3.63) is 34.4 Å². The zero-order valence-electron chi connectivity index (χ0n) is 8.25. The molecule has 0 fully saturated rings. The molecule has 0 aliphatic carbocycles. The summed E-state index contributed by atoms with van der Waals surface area (Å²) in [6, 6.07) is 5.12. The number of halogens is 1. The van der Waals surface area contributed by atoms with E-state index in [1.54, 1.807) is 13.0 Å². The van der Waals surface area contributed by atoms with Crippen LogP contribution < -0.4 is 5.73 Å². The first-order valence-electron chi connectivity index (χ1n) is 4.66. The van der Waals surface area contributed by atoms with E-state index in [0.717, 1.165) is 15.4 Å². The second-order valence-corrected chi connectivity index (χ2v) is 4.37. The van der Waals surface area contributed by atoms with Crippen LogP contribution in [0.2, 0.25) is 0 Å². The number of Topliss-reactive ketones (excluding diaryl/α,β-unsaturated/α-hetero) is 1. The maximum atomic E-state index is 11.8. The first kappa shape index (κ1) is 10.4. The van der Waals surface area contributed by atoms with Gasteiger partial charge >= 0.3 is 0 Å².